The summed E-state index contributed by atoms with van der Waals surface area (Å²) in [6, 6.07) is 0. The zero-order chi connectivity index (χ0) is 14.5. The number of nitrogens with zero attached hydrogens (tertiary/aromatic N) is 1. The lowest BCUT2D eigenvalue weighted by molar-refractivity contribution is -0.140. The van der Waals surface area contributed by atoms with Crippen molar-refractivity contribution in [2.75, 3.05) is 27.3 Å². The van der Waals surface area contributed by atoms with Gasteiger partial charge in [-0.05, 0) is 12.8 Å². The van der Waals surface area contributed by atoms with E-state index < -0.39 is 21.7 Å². The molecule has 1 aliphatic rings. The number of aliphatic hydroxyl groups is 1. The number of rotatable bonds is 7. The number of esters is 1. The maximum atomic E-state index is 12.1. The van der Waals surface area contributed by atoms with Crippen molar-refractivity contribution >= 4 is 16.2 Å². The Balaban J connectivity index is 2.61. The quantitative estimate of drug-likeness (QED) is 0.624. The fourth-order valence-corrected chi connectivity index (χ4v) is 3.47. The molecule has 0 aromatic rings. The summed E-state index contributed by atoms with van der Waals surface area (Å²) in [6.07, 6.45) is 3.06. The SMILES string of the molecule is COC(=O)CCN(C)S(=O)(=O)NC1(CO)CCCC1. The van der Waals surface area contributed by atoms with Gasteiger partial charge in [0.2, 0.25) is 0 Å². The number of ether oxygens (including phenoxy) is 1. The molecular weight excluding hydrogens is 272 g/mol. The number of carbonyl (C=O) groups excluding carboxylic acids is 1. The molecule has 0 aromatic heterocycles. The molecule has 0 aromatic carbocycles. The predicted molar refractivity (Wildman–Crippen MR) is 69.6 cm³/mol. The predicted octanol–water partition coefficient (Wildman–Crippen LogP) is -0.379. The molecule has 1 fully saturated rings. The third-order valence-corrected chi connectivity index (χ3v) is 5.17. The summed E-state index contributed by atoms with van der Waals surface area (Å²) < 4.78 is 32.3. The van der Waals surface area contributed by atoms with Crippen LogP contribution in [0.5, 0.6) is 0 Å². The van der Waals surface area contributed by atoms with E-state index in [4.69, 9.17) is 0 Å². The van der Waals surface area contributed by atoms with Gasteiger partial charge < -0.3 is 9.84 Å². The van der Waals surface area contributed by atoms with Gasteiger partial charge in [0.05, 0.1) is 25.7 Å². The summed E-state index contributed by atoms with van der Waals surface area (Å²) in [7, 11) is -1.05. The van der Waals surface area contributed by atoms with Crippen molar-refractivity contribution < 1.29 is 23.1 Å². The van der Waals surface area contributed by atoms with Crippen molar-refractivity contribution in [2.45, 2.75) is 37.6 Å². The highest BCUT2D eigenvalue weighted by Gasteiger charge is 2.38. The molecule has 1 saturated carbocycles. The average Bonchev–Trinajstić information content (AvgIpc) is 2.83. The number of carbonyl (C=O) groups is 1. The Labute approximate surface area is 114 Å². The Morgan fingerprint density at radius 1 is 1.42 bits per heavy atom. The van der Waals surface area contributed by atoms with Crippen LogP contribution in [0.4, 0.5) is 0 Å². The van der Waals surface area contributed by atoms with Crippen molar-refractivity contribution in [1.29, 1.82) is 0 Å². The van der Waals surface area contributed by atoms with Gasteiger partial charge in [0.15, 0.2) is 0 Å². The van der Waals surface area contributed by atoms with Gasteiger partial charge in [0.25, 0.3) is 10.2 Å². The van der Waals surface area contributed by atoms with Crippen LogP contribution < -0.4 is 4.72 Å². The van der Waals surface area contributed by atoms with Crippen LogP contribution in [0.25, 0.3) is 0 Å². The largest absolute Gasteiger partial charge is 0.469 e. The summed E-state index contributed by atoms with van der Waals surface area (Å²) in [4.78, 5) is 11.0. The molecular formula is C11H22N2O5S. The van der Waals surface area contributed by atoms with E-state index >= 15 is 0 Å². The standard InChI is InChI=1S/C11H22N2O5S/c1-13(8-5-10(15)18-2)19(16,17)12-11(9-14)6-3-4-7-11/h12,14H,3-9H2,1-2H3. The first-order chi connectivity index (χ1) is 8.85. The van der Waals surface area contributed by atoms with Crippen molar-refractivity contribution in [3.63, 3.8) is 0 Å². The van der Waals surface area contributed by atoms with Crippen molar-refractivity contribution in [3.8, 4) is 0 Å². The van der Waals surface area contributed by atoms with Crippen molar-refractivity contribution in [1.82, 2.24) is 9.03 Å². The van der Waals surface area contributed by atoms with Crippen molar-refractivity contribution in [3.05, 3.63) is 0 Å². The highest BCUT2D eigenvalue weighted by Crippen LogP contribution is 2.30. The van der Waals surface area contributed by atoms with E-state index in [1.165, 1.54) is 14.2 Å². The van der Waals surface area contributed by atoms with Gasteiger partial charge >= 0.3 is 5.97 Å². The number of nitrogens with one attached hydrogen (secondary N) is 1. The maximum Gasteiger partial charge on any atom is 0.306 e. The van der Waals surface area contributed by atoms with Crippen LogP contribution >= 0.6 is 0 Å². The van der Waals surface area contributed by atoms with Crippen LogP contribution in [0, 0.1) is 0 Å². The molecule has 0 aliphatic heterocycles. The molecule has 7 nitrogen and oxygen atoms in total. The van der Waals surface area contributed by atoms with Crippen LogP contribution in [0.15, 0.2) is 0 Å². The van der Waals surface area contributed by atoms with Crippen LogP contribution in [-0.4, -0.2) is 56.6 Å². The first-order valence-corrected chi connectivity index (χ1v) is 7.72. The second-order valence-electron chi connectivity index (χ2n) is 4.90. The molecule has 2 N–H and O–H groups in total. The minimum Gasteiger partial charge on any atom is -0.469 e. The lowest BCUT2D eigenvalue weighted by Gasteiger charge is -2.30. The first kappa shape index (κ1) is 16.4. The summed E-state index contributed by atoms with van der Waals surface area (Å²) in [6.45, 7) is -0.166. The lowest BCUT2D eigenvalue weighted by Crippen LogP contribution is -2.53. The third kappa shape index (κ3) is 4.41. The minimum atomic E-state index is -3.70. The van der Waals surface area contributed by atoms with Crippen LogP contribution in [0.2, 0.25) is 0 Å². The molecule has 1 aliphatic carbocycles. The highest BCUT2D eigenvalue weighted by atomic mass is 32.2. The van der Waals surface area contributed by atoms with E-state index in [1.807, 2.05) is 0 Å². The molecule has 1 rings (SSSR count). The van der Waals surface area contributed by atoms with Gasteiger partial charge in [-0.3, -0.25) is 4.79 Å². The summed E-state index contributed by atoms with van der Waals surface area (Å²) >= 11 is 0. The summed E-state index contributed by atoms with van der Waals surface area (Å²) in [5, 5.41) is 9.40. The van der Waals surface area contributed by atoms with Gasteiger partial charge in [0, 0.05) is 13.6 Å². The van der Waals surface area contributed by atoms with E-state index in [-0.39, 0.29) is 19.6 Å². The molecule has 0 amide bonds. The lowest BCUT2D eigenvalue weighted by atomic mass is 10.0. The van der Waals surface area contributed by atoms with E-state index in [2.05, 4.69) is 9.46 Å². The Hall–Kier alpha value is -0.700. The molecule has 0 spiro atoms. The van der Waals surface area contributed by atoms with Crippen LogP contribution in [-0.2, 0) is 19.7 Å². The molecule has 0 heterocycles. The third-order valence-electron chi connectivity index (χ3n) is 3.48. The summed E-state index contributed by atoms with van der Waals surface area (Å²) in [5.41, 5.74) is -0.752. The zero-order valence-corrected chi connectivity index (χ0v) is 12.2. The monoisotopic (exact) mass is 294 g/mol. The first-order valence-electron chi connectivity index (χ1n) is 6.28. The van der Waals surface area contributed by atoms with Gasteiger partial charge in [-0.2, -0.15) is 17.4 Å². The topological polar surface area (TPSA) is 95.9 Å². The fourth-order valence-electron chi connectivity index (χ4n) is 2.17. The van der Waals surface area contributed by atoms with Gasteiger partial charge in [-0.1, -0.05) is 12.8 Å². The average molecular weight is 294 g/mol. The minimum absolute atomic E-state index is 0.0000347. The molecule has 0 unspecified atom stereocenters. The van der Waals surface area contributed by atoms with E-state index in [1.54, 1.807) is 0 Å². The van der Waals surface area contributed by atoms with E-state index in [0.29, 0.717) is 12.8 Å². The molecule has 19 heavy (non-hydrogen) atoms. The number of hydrogen-bond acceptors (Lipinski definition) is 5. The van der Waals surface area contributed by atoms with Crippen molar-refractivity contribution in [2.24, 2.45) is 0 Å². The zero-order valence-electron chi connectivity index (χ0n) is 11.4. The normalized spacial score (nSPS) is 18.7. The smallest absolute Gasteiger partial charge is 0.306 e. The van der Waals surface area contributed by atoms with E-state index in [9.17, 15) is 18.3 Å². The second kappa shape index (κ2) is 6.65. The molecule has 0 bridgehead atoms. The highest BCUT2D eigenvalue weighted by molar-refractivity contribution is 7.87. The Kier molecular flexibility index (Phi) is 5.72. The second-order valence-corrected chi connectivity index (χ2v) is 6.68. The maximum absolute atomic E-state index is 12.1. The molecule has 8 heteroatoms. The Morgan fingerprint density at radius 3 is 2.47 bits per heavy atom. The van der Waals surface area contributed by atoms with Gasteiger partial charge in [0.1, 0.15) is 0 Å². The van der Waals surface area contributed by atoms with E-state index in [0.717, 1.165) is 17.1 Å². The van der Waals surface area contributed by atoms with Gasteiger partial charge in [-0.15, -0.1) is 0 Å². The van der Waals surface area contributed by atoms with Crippen LogP contribution in [0.1, 0.15) is 32.1 Å². The fraction of sp³-hybridized carbons (Fsp3) is 0.909. The number of hydrogen-bond donors (Lipinski definition) is 2. The van der Waals surface area contributed by atoms with Crippen LogP contribution in [0.3, 0.4) is 0 Å². The Morgan fingerprint density at radius 2 is 2.00 bits per heavy atom. The number of methoxy groups -OCH3 is 1. The molecule has 112 valence electrons. The molecule has 0 atom stereocenters. The summed E-state index contributed by atoms with van der Waals surface area (Å²) in [5.74, 6) is -0.459. The molecule has 0 radical (unpaired) electrons. The van der Waals surface area contributed by atoms with Gasteiger partial charge in [-0.25, -0.2) is 0 Å². The number of aliphatic hydroxyl groups excluding tert-OH is 1. The molecule has 0 saturated heterocycles. The Bertz CT molecular complexity index is 403.